The van der Waals surface area contributed by atoms with Gasteiger partial charge in [-0.15, -0.1) is 0 Å². The highest BCUT2D eigenvalue weighted by atomic mass is 16.5. The van der Waals surface area contributed by atoms with Gasteiger partial charge in [-0.25, -0.2) is 0 Å². The fourth-order valence-electron chi connectivity index (χ4n) is 1.33. The number of carbonyl (C=O) groups is 1. The number of hydrogen-bond donors (Lipinski definition) is 2. The number of carboxylic acid groups (broad SMARTS) is 1. The van der Waals surface area contributed by atoms with Crippen LogP contribution in [0.15, 0.2) is 24.3 Å². The lowest BCUT2D eigenvalue weighted by atomic mass is 10.1. The molecule has 0 aliphatic rings. The molecule has 1 rings (SSSR count). The first-order valence-corrected chi connectivity index (χ1v) is 4.72. The second-order valence-electron chi connectivity index (χ2n) is 3.20. The Kier molecular flexibility index (Phi) is 4.80. The predicted octanol–water partition coefficient (Wildman–Crippen LogP) is 1.01. The zero-order valence-corrected chi connectivity index (χ0v) is 8.69. The van der Waals surface area contributed by atoms with Crippen LogP contribution in [-0.4, -0.2) is 24.7 Å². The molecule has 0 heterocycles. The highest BCUT2D eigenvalue weighted by molar-refractivity contribution is 5.69. The normalized spacial score (nSPS) is 10.2. The molecule has 1 aromatic carbocycles. The molecule has 0 aliphatic heterocycles. The molecule has 0 fully saturated rings. The molecule has 15 heavy (non-hydrogen) atoms. The zero-order chi connectivity index (χ0) is 11.1. The van der Waals surface area contributed by atoms with Gasteiger partial charge in [-0.2, -0.15) is 0 Å². The van der Waals surface area contributed by atoms with Crippen molar-refractivity contribution in [2.24, 2.45) is 0 Å². The van der Waals surface area contributed by atoms with E-state index in [0.717, 1.165) is 11.1 Å². The SMILES string of the molecule is COCc1ccccc1CNCC(=O)O. The molecule has 0 amide bonds. The van der Waals surface area contributed by atoms with Crippen molar-refractivity contribution in [2.45, 2.75) is 13.2 Å². The molecule has 0 spiro atoms. The maximum Gasteiger partial charge on any atom is 0.317 e. The number of carboxylic acids is 1. The molecule has 4 nitrogen and oxygen atoms in total. The van der Waals surface area contributed by atoms with Crippen LogP contribution in [0.2, 0.25) is 0 Å². The Bertz CT molecular complexity index is 325. The van der Waals surface area contributed by atoms with Gasteiger partial charge in [0.1, 0.15) is 0 Å². The summed E-state index contributed by atoms with van der Waals surface area (Å²) in [6.45, 7) is 1.07. The lowest BCUT2D eigenvalue weighted by molar-refractivity contribution is -0.135. The number of methoxy groups -OCH3 is 1. The lowest BCUT2D eigenvalue weighted by Gasteiger charge is -2.08. The number of rotatable bonds is 6. The van der Waals surface area contributed by atoms with Gasteiger partial charge in [0.15, 0.2) is 0 Å². The average molecular weight is 209 g/mol. The molecule has 0 saturated heterocycles. The summed E-state index contributed by atoms with van der Waals surface area (Å²) in [6.07, 6.45) is 0. The van der Waals surface area contributed by atoms with E-state index < -0.39 is 5.97 Å². The van der Waals surface area contributed by atoms with Crippen molar-refractivity contribution < 1.29 is 14.6 Å². The lowest BCUT2D eigenvalue weighted by Crippen LogP contribution is -2.22. The fourth-order valence-corrected chi connectivity index (χ4v) is 1.33. The maximum absolute atomic E-state index is 10.3. The predicted molar refractivity (Wildman–Crippen MR) is 56.5 cm³/mol. The Labute approximate surface area is 88.9 Å². The van der Waals surface area contributed by atoms with Gasteiger partial charge >= 0.3 is 5.97 Å². The van der Waals surface area contributed by atoms with E-state index in [2.05, 4.69) is 5.32 Å². The first-order chi connectivity index (χ1) is 7.24. The average Bonchev–Trinajstić information content (AvgIpc) is 2.20. The first kappa shape index (κ1) is 11.7. The van der Waals surface area contributed by atoms with Crippen molar-refractivity contribution in [1.82, 2.24) is 5.32 Å². The van der Waals surface area contributed by atoms with Crippen LogP contribution in [0, 0.1) is 0 Å². The molecule has 0 saturated carbocycles. The summed E-state index contributed by atoms with van der Waals surface area (Å²) in [4.78, 5) is 10.3. The minimum atomic E-state index is -0.848. The minimum absolute atomic E-state index is 0.0265. The molecule has 0 atom stereocenters. The van der Waals surface area contributed by atoms with Crippen LogP contribution < -0.4 is 5.32 Å². The van der Waals surface area contributed by atoms with Crippen LogP contribution in [0.25, 0.3) is 0 Å². The molecular weight excluding hydrogens is 194 g/mol. The van der Waals surface area contributed by atoms with Crippen LogP contribution in [0.5, 0.6) is 0 Å². The van der Waals surface area contributed by atoms with Crippen molar-refractivity contribution >= 4 is 5.97 Å². The number of ether oxygens (including phenoxy) is 1. The number of benzene rings is 1. The van der Waals surface area contributed by atoms with E-state index in [1.54, 1.807) is 7.11 Å². The van der Waals surface area contributed by atoms with Gasteiger partial charge in [-0.3, -0.25) is 4.79 Å². The van der Waals surface area contributed by atoms with Crippen molar-refractivity contribution in [3.63, 3.8) is 0 Å². The molecular formula is C11H15NO3. The number of nitrogens with one attached hydrogen (secondary N) is 1. The Hall–Kier alpha value is -1.39. The van der Waals surface area contributed by atoms with Gasteiger partial charge in [0, 0.05) is 13.7 Å². The van der Waals surface area contributed by atoms with Crippen molar-refractivity contribution in [2.75, 3.05) is 13.7 Å². The van der Waals surface area contributed by atoms with Gasteiger partial charge in [0.25, 0.3) is 0 Å². The third-order valence-corrected chi connectivity index (χ3v) is 2.01. The smallest absolute Gasteiger partial charge is 0.317 e. The van der Waals surface area contributed by atoms with E-state index in [9.17, 15) is 4.79 Å². The second-order valence-corrected chi connectivity index (χ2v) is 3.20. The highest BCUT2D eigenvalue weighted by Crippen LogP contribution is 2.09. The second kappa shape index (κ2) is 6.16. The quantitative estimate of drug-likeness (QED) is 0.734. The standard InChI is InChI=1S/C11H15NO3/c1-15-8-10-5-3-2-4-9(10)6-12-7-11(13)14/h2-5,12H,6-8H2,1H3,(H,13,14). The van der Waals surface area contributed by atoms with E-state index in [-0.39, 0.29) is 6.54 Å². The molecule has 0 aromatic heterocycles. The molecule has 0 unspecified atom stereocenters. The van der Waals surface area contributed by atoms with Crippen molar-refractivity contribution in [3.05, 3.63) is 35.4 Å². The van der Waals surface area contributed by atoms with Gasteiger partial charge in [-0.05, 0) is 11.1 Å². The summed E-state index contributed by atoms with van der Waals surface area (Å²) >= 11 is 0. The zero-order valence-electron chi connectivity index (χ0n) is 8.69. The number of aliphatic carboxylic acids is 1. The largest absolute Gasteiger partial charge is 0.480 e. The van der Waals surface area contributed by atoms with E-state index in [1.165, 1.54) is 0 Å². The van der Waals surface area contributed by atoms with Crippen molar-refractivity contribution in [3.8, 4) is 0 Å². The molecule has 82 valence electrons. The van der Waals surface area contributed by atoms with Crippen LogP contribution in [0.4, 0.5) is 0 Å². The number of hydrogen-bond acceptors (Lipinski definition) is 3. The Morgan fingerprint density at radius 1 is 1.40 bits per heavy atom. The maximum atomic E-state index is 10.3. The molecule has 4 heteroatoms. The summed E-state index contributed by atoms with van der Waals surface area (Å²) in [7, 11) is 1.64. The summed E-state index contributed by atoms with van der Waals surface area (Å²) in [5, 5.41) is 11.3. The van der Waals surface area contributed by atoms with Crippen LogP contribution in [-0.2, 0) is 22.7 Å². The van der Waals surface area contributed by atoms with E-state index in [4.69, 9.17) is 9.84 Å². The monoisotopic (exact) mass is 209 g/mol. The molecule has 1 aromatic rings. The van der Waals surface area contributed by atoms with E-state index in [1.807, 2.05) is 24.3 Å². The van der Waals surface area contributed by atoms with Gasteiger partial charge < -0.3 is 15.2 Å². The van der Waals surface area contributed by atoms with E-state index in [0.29, 0.717) is 13.2 Å². The topological polar surface area (TPSA) is 58.6 Å². The molecule has 0 radical (unpaired) electrons. The van der Waals surface area contributed by atoms with Gasteiger partial charge in [0.2, 0.25) is 0 Å². The molecule has 2 N–H and O–H groups in total. The van der Waals surface area contributed by atoms with Crippen molar-refractivity contribution in [1.29, 1.82) is 0 Å². The van der Waals surface area contributed by atoms with Crippen LogP contribution >= 0.6 is 0 Å². The summed E-state index contributed by atoms with van der Waals surface area (Å²) in [5.41, 5.74) is 2.15. The molecule has 0 bridgehead atoms. The first-order valence-electron chi connectivity index (χ1n) is 4.72. The molecule has 0 aliphatic carbocycles. The van der Waals surface area contributed by atoms with Crippen LogP contribution in [0.1, 0.15) is 11.1 Å². The summed E-state index contributed by atoms with van der Waals surface area (Å²) in [6, 6.07) is 7.80. The minimum Gasteiger partial charge on any atom is -0.480 e. The Balaban J connectivity index is 2.55. The fraction of sp³-hybridized carbons (Fsp3) is 0.364. The Morgan fingerprint density at radius 3 is 2.67 bits per heavy atom. The third-order valence-electron chi connectivity index (χ3n) is 2.01. The summed E-state index contributed by atoms with van der Waals surface area (Å²) in [5.74, 6) is -0.848. The van der Waals surface area contributed by atoms with Crippen LogP contribution in [0.3, 0.4) is 0 Å². The Morgan fingerprint density at radius 2 is 2.07 bits per heavy atom. The van der Waals surface area contributed by atoms with E-state index >= 15 is 0 Å². The highest BCUT2D eigenvalue weighted by Gasteiger charge is 2.01. The third kappa shape index (κ3) is 4.10. The van der Waals surface area contributed by atoms with Gasteiger partial charge in [-0.1, -0.05) is 24.3 Å². The van der Waals surface area contributed by atoms with Gasteiger partial charge in [0.05, 0.1) is 13.2 Å². The summed E-state index contributed by atoms with van der Waals surface area (Å²) < 4.78 is 5.05.